The Hall–Kier alpha value is -2.62. The number of H-pyrrole nitrogens is 1. The number of fused-ring (bicyclic) bond motifs is 1. The molecule has 0 atom stereocenters. The van der Waals surface area contributed by atoms with Gasteiger partial charge in [0.15, 0.2) is 0 Å². The first-order valence-corrected chi connectivity index (χ1v) is 5.90. The number of hydrogen-bond acceptors (Lipinski definition) is 3. The van der Waals surface area contributed by atoms with Crippen LogP contribution in [0.15, 0.2) is 42.5 Å². The van der Waals surface area contributed by atoms with Crippen LogP contribution in [0, 0.1) is 0 Å². The van der Waals surface area contributed by atoms with Crippen molar-refractivity contribution in [3.63, 3.8) is 0 Å². The molecule has 1 aromatic heterocycles. The molecule has 0 saturated heterocycles. The van der Waals surface area contributed by atoms with Crippen LogP contribution in [-0.4, -0.2) is 23.6 Å². The third-order valence-corrected chi connectivity index (χ3v) is 3.09. The molecule has 19 heavy (non-hydrogen) atoms. The van der Waals surface area contributed by atoms with Crippen molar-refractivity contribution >= 4 is 17.2 Å². The Morgan fingerprint density at radius 3 is 2.84 bits per heavy atom. The molecule has 0 amide bonds. The maximum atomic E-state index is 10.9. The second-order valence-corrected chi connectivity index (χ2v) is 4.20. The number of ether oxygens (including phenoxy) is 1. The maximum Gasteiger partial charge on any atom is 0.150 e. The lowest BCUT2D eigenvalue weighted by Gasteiger charge is -2.05. The second kappa shape index (κ2) is 4.57. The Bertz CT molecular complexity index is 747. The summed E-state index contributed by atoms with van der Waals surface area (Å²) in [5.74, 6) is 0.757. The molecular formula is C15H12N2O2. The highest BCUT2D eigenvalue weighted by Gasteiger charge is 2.12. The van der Waals surface area contributed by atoms with Crippen LogP contribution in [0.25, 0.3) is 22.2 Å². The quantitative estimate of drug-likeness (QED) is 0.729. The van der Waals surface area contributed by atoms with Crippen LogP contribution in [-0.2, 0) is 0 Å². The first-order valence-electron chi connectivity index (χ1n) is 5.90. The topological polar surface area (TPSA) is 55.0 Å². The van der Waals surface area contributed by atoms with E-state index in [-0.39, 0.29) is 0 Å². The van der Waals surface area contributed by atoms with Crippen molar-refractivity contribution in [2.45, 2.75) is 0 Å². The summed E-state index contributed by atoms with van der Waals surface area (Å²) in [5, 5.41) is 8.21. The highest BCUT2D eigenvalue weighted by Crippen LogP contribution is 2.33. The van der Waals surface area contributed by atoms with Crippen LogP contribution in [0.3, 0.4) is 0 Å². The molecular weight excluding hydrogens is 240 g/mol. The van der Waals surface area contributed by atoms with Gasteiger partial charge in [-0.1, -0.05) is 12.1 Å². The number of aldehydes is 1. The fourth-order valence-electron chi connectivity index (χ4n) is 2.15. The zero-order valence-electron chi connectivity index (χ0n) is 10.4. The number of aromatic amines is 1. The lowest BCUT2D eigenvalue weighted by Crippen LogP contribution is -1.88. The van der Waals surface area contributed by atoms with Crippen LogP contribution in [0.4, 0.5) is 0 Å². The van der Waals surface area contributed by atoms with E-state index >= 15 is 0 Å². The number of nitrogens with zero attached hydrogens (tertiary/aromatic N) is 1. The highest BCUT2D eigenvalue weighted by molar-refractivity contribution is 5.97. The summed E-state index contributed by atoms with van der Waals surface area (Å²) in [6, 6.07) is 13.1. The molecule has 4 nitrogen and oxygen atoms in total. The Kier molecular flexibility index (Phi) is 2.76. The van der Waals surface area contributed by atoms with E-state index in [1.807, 2.05) is 36.4 Å². The number of hydrogen-bond donors (Lipinski definition) is 1. The standard InChI is InChI=1S/C15H12N2O2/c1-19-14-5-3-2-4-11(14)15-12-8-10(9-18)6-7-13(12)16-17-15/h2-9H,1H3,(H,16,17). The van der Waals surface area contributed by atoms with Crippen molar-refractivity contribution in [2.24, 2.45) is 0 Å². The van der Waals surface area contributed by atoms with Crippen molar-refractivity contribution in [1.29, 1.82) is 0 Å². The van der Waals surface area contributed by atoms with Crippen molar-refractivity contribution in [3.05, 3.63) is 48.0 Å². The zero-order valence-corrected chi connectivity index (χ0v) is 10.4. The van der Waals surface area contributed by atoms with Gasteiger partial charge in [0, 0.05) is 16.5 Å². The number of rotatable bonds is 3. The van der Waals surface area contributed by atoms with Gasteiger partial charge in [-0.05, 0) is 30.3 Å². The minimum atomic E-state index is 0.630. The molecule has 0 bridgehead atoms. The predicted molar refractivity (Wildman–Crippen MR) is 73.5 cm³/mol. The van der Waals surface area contributed by atoms with E-state index in [4.69, 9.17) is 4.74 Å². The second-order valence-electron chi connectivity index (χ2n) is 4.20. The van der Waals surface area contributed by atoms with Crippen LogP contribution in [0.5, 0.6) is 5.75 Å². The molecule has 0 radical (unpaired) electrons. The summed E-state index contributed by atoms with van der Waals surface area (Å²) in [5.41, 5.74) is 3.21. The molecule has 4 heteroatoms. The van der Waals surface area contributed by atoms with Gasteiger partial charge in [0.2, 0.25) is 0 Å². The van der Waals surface area contributed by atoms with E-state index < -0.39 is 0 Å². The highest BCUT2D eigenvalue weighted by atomic mass is 16.5. The number of nitrogens with one attached hydrogen (secondary N) is 1. The van der Waals surface area contributed by atoms with E-state index in [1.54, 1.807) is 13.2 Å². The van der Waals surface area contributed by atoms with Crippen molar-refractivity contribution in [1.82, 2.24) is 10.2 Å². The van der Waals surface area contributed by atoms with Gasteiger partial charge in [-0.15, -0.1) is 0 Å². The van der Waals surface area contributed by atoms with E-state index in [0.717, 1.165) is 34.2 Å². The Labute approximate surface area is 110 Å². The molecule has 0 aliphatic heterocycles. The number of carbonyl (C=O) groups is 1. The Morgan fingerprint density at radius 1 is 1.21 bits per heavy atom. The molecule has 0 saturated carbocycles. The Morgan fingerprint density at radius 2 is 2.05 bits per heavy atom. The van der Waals surface area contributed by atoms with E-state index in [2.05, 4.69) is 10.2 Å². The van der Waals surface area contributed by atoms with Gasteiger partial charge in [-0.2, -0.15) is 5.10 Å². The van der Waals surface area contributed by atoms with Gasteiger partial charge in [-0.3, -0.25) is 9.89 Å². The summed E-state index contributed by atoms with van der Waals surface area (Å²) in [7, 11) is 1.63. The minimum absolute atomic E-state index is 0.630. The largest absolute Gasteiger partial charge is 0.496 e. The van der Waals surface area contributed by atoms with Crippen LogP contribution in [0.2, 0.25) is 0 Å². The van der Waals surface area contributed by atoms with Gasteiger partial charge in [0.1, 0.15) is 17.7 Å². The number of carbonyl (C=O) groups excluding carboxylic acids is 1. The molecule has 1 heterocycles. The third kappa shape index (κ3) is 1.87. The molecule has 0 spiro atoms. The van der Waals surface area contributed by atoms with Crippen molar-refractivity contribution in [2.75, 3.05) is 7.11 Å². The molecule has 1 N–H and O–H groups in total. The van der Waals surface area contributed by atoms with E-state index in [9.17, 15) is 4.79 Å². The first-order chi connectivity index (χ1) is 9.33. The molecule has 0 aliphatic rings. The summed E-state index contributed by atoms with van der Waals surface area (Å²) < 4.78 is 5.35. The van der Waals surface area contributed by atoms with E-state index in [0.29, 0.717) is 5.56 Å². The molecule has 94 valence electrons. The molecule has 3 rings (SSSR count). The first kappa shape index (κ1) is 11.5. The van der Waals surface area contributed by atoms with Crippen LogP contribution in [0.1, 0.15) is 10.4 Å². The minimum Gasteiger partial charge on any atom is -0.496 e. The lowest BCUT2D eigenvalue weighted by molar-refractivity contribution is 0.112. The Balaban J connectivity index is 2.27. The van der Waals surface area contributed by atoms with Crippen LogP contribution < -0.4 is 4.74 Å². The lowest BCUT2D eigenvalue weighted by atomic mass is 10.1. The summed E-state index contributed by atoms with van der Waals surface area (Å²) in [6.45, 7) is 0. The van der Waals surface area contributed by atoms with Crippen LogP contribution >= 0.6 is 0 Å². The van der Waals surface area contributed by atoms with Gasteiger partial charge >= 0.3 is 0 Å². The maximum absolute atomic E-state index is 10.9. The number of aromatic nitrogens is 2. The normalized spacial score (nSPS) is 10.6. The SMILES string of the molecule is COc1ccccc1-c1n[nH]c2ccc(C=O)cc12. The average molecular weight is 252 g/mol. The summed E-state index contributed by atoms with van der Waals surface area (Å²) in [6.07, 6.45) is 0.832. The summed E-state index contributed by atoms with van der Waals surface area (Å²) in [4.78, 5) is 10.9. The average Bonchev–Trinajstić information content (AvgIpc) is 2.89. The predicted octanol–water partition coefficient (Wildman–Crippen LogP) is 3.05. The third-order valence-electron chi connectivity index (χ3n) is 3.09. The number of para-hydroxylation sites is 1. The molecule has 2 aromatic carbocycles. The zero-order chi connectivity index (χ0) is 13.2. The molecule has 3 aromatic rings. The van der Waals surface area contributed by atoms with Gasteiger partial charge < -0.3 is 4.74 Å². The van der Waals surface area contributed by atoms with Gasteiger partial charge in [0.05, 0.1) is 12.6 Å². The molecule has 0 fully saturated rings. The smallest absolute Gasteiger partial charge is 0.150 e. The summed E-state index contributed by atoms with van der Waals surface area (Å²) >= 11 is 0. The van der Waals surface area contributed by atoms with Crippen molar-refractivity contribution < 1.29 is 9.53 Å². The molecule has 0 unspecified atom stereocenters. The van der Waals surface area contributed by atoms with Gasteiger partial charge in [0.25, 0.3) is 0 Å². The van der Waals surface area contributed by atoms with Crippen molar-refractivity contribution in [3.8, 4) is 17.0 Å². The number of benzene rings is 2. The fourth-order valence-corrected chi connectivity index (χ4v) is 2.15. The van der Waals surface area contributed by atoms with E-state index in [1.165, 1.54) is 0 Å². The fraction of sp³-hybridized carbons (Fsp3) is 0.0667. The number of methoxy groups -OCH3 is 1. The van der Waals surface area contributed by atoms with Gasteiger partial charge in [-0.25, -0.2) is 0 Å². The monoisotopic (exact) mass is 252 g/mol. The molecule has 0 aliphatic carbocycles.